The zero-order valence-corrected chi connectivity index (χ0v) is 20.4. The number of quaternary nitrogens is 1. The first-order chi connectivity index (χ1) is 17.3. The van der Waals surface area contributed by atoms with Crippen LogP contribution in [0.1, 0.15) is 10.4 Å². The molecule has 4 heterocycles. The predicted molar refractivity (Wildman–Crippen MR) is 135 cm³/mol. The van der Waals surface area contributed by atoms with E-state index >= 15 is 0 Å². The van der Waals surface area contributed by atoms with Gasteiger partial charge in [-0.25, -0.2) is 24.3 Å². The van der Waals surface area contributed by atoms with E-state index in [1.807, 2.05) is 20.2 Å². The quantitative estimate of drug-likeness (QED) is 0.160. The number of morpholine rings is 1. The number of fused-ring (bicyclic) bond motifs is 1. The van der Waals surface area contributed by atoms with Crippen molar-refractivity contribution >= 4 is 49.9 Å². The summed E-state index contributed by atoms with van der Waals surface area (Å²) in [4.78, 5) is 32.0. The number of carbonyl (C=O) groups is 1. The number of nitrogens with two attached hydrogens (primary N) is 1. The van der Waals surface area contributed by atoms with Gasteiger partial charge in [0.05, 0.1) is 44.1 Å². The fourth-order valence-corrected chi connectivity index (χ4v) is 5.02. The maximum atomic E-state index is 14.2. The summed E-state index contributed by atoms with van der Waals surface area (Å²) >= 11 is 1.52. The Morgan fingerprint density at radius 2 is 1.92 bits per heavy atom. The van der Waals surface area contributed by atoms with Gasteiger partial charge in [-0.1, -0.05) is 11.3 Å². The van der Waals surface area contributed by atoms with Gasteiger partial charge in [-0.05, 0) is 18.2 Å². The second-order valence-electron chi connectivity index (χ2n) is 8.67. The molecule has 0 aliphatic carbocycles. The van der Waals surface area contributed by atoms with Crippen molar-refractivity contribution in [3.63, 3.8) is 0 Å². The SMILES string of the molecule is C[N+](C)(c1ncc(C(=O)NO)cn1)c1cc2nc(-c3ccc(N)c(F)c3)nc(N3CCOCC3)c2s1. The van der Waals surface area contributed by atoms with Gasteiger partial charge in [-0.15, -0.1) is 0 Å². The van der Waals surface area contributed by atoms with Crippen LogP contribution in [0.3, 0.4) is 0 Å². The van der Waals surface area contributed by atoms with Gasteiger partial charge in [0.1, 0.15) is 10.5 Å². The lowest BCUT2D eigenvalue weighted by molar-refractivity contribution is 0.0705. The van der Waals surface area contributed by atoms with Gasteiger partial charge in [0, 0.05) is 37.1 Å². The zero-order chi connectivity index (χ0) is 25.4. The Morgan fingerprint density at radius 1 is 1.19 bits per heavy atom. The second kappa shape index (κ2) is 9.35. The lowest BCUT2D eigenvalue weighted by Gasteiger charge is -2.28. The van der Waals surface area contributed by atoms with Gasteiger partial charge >= 0.3 is 5.95 Å². The molecule has 186 valence electrons. The summed E-state index contributed by atoms with van der Waals surface area (Å²) in [5, 5.41) is 9.72. The van der Waals surface area contributed by atoms with Crippen molar-refractivity contribution in [1.29, 1.82) is 0 Å². The number of nitrogens with zero attached hydrogens (tertiary/aromatic N) is 6. The summed E-state index contributed by atoms with van der Waals surface area (Å²) in [6.07, 6.45) is 2.71. The summed E-state index contributed by atoms with van der Waals surface area (Å²) in [6.45, 7) is 2.51. The van der Waals surface area contributed by atoms with Gasteiger partial charge in [-0.3, -0.25) is 10.0 Å². The monoisotopic (exact) mass is 511 g/mol. The molecule has 0 saturated carbocycles. The molecule has 0 bridgehead atoms. The highest BCUT2D eigenvalue weighted by Crippen LogP contribution is 2.42. The van der Waals surface area contributed by atoms with Crippen molar-refractivity contribution in [3.8, 4) is 11.4 Å². The van der Waals surface area contributed by atoms with Gasteiger partial charge in [-0.2, -0.15) is 9.97 Å². The first kappa shape index (κ1) is 23.9. The summed E-state index contributed by atoms with van der Waals surface area (Å²) < 4.78 is 20.8. The number of carbonyl (C=O) groups excluding carboxylic acids is 1. The molecule has 3 aromatic heterocycles. The molecule has 1 aliphatic heterocycles. The third-order valence-electron chi connectivity index (χ3n) is 5.96. The van der Waals surface area contributed by atoms with E-state index in [1.54, 1.807) is 11.5 Å². The number of anilines is 2. The third kappa shape index (κ3) is 4.33. The van der Waals surface area contributed by atoms with Crippen molar-refractivity contribution < 1.29 is 19.1 Å². The van der Waals surface area contributed by atoms with E-state index in [-0.39, 0.29) is 15.7 Å². The van der Waals surface area contributed by atoms with Crippen molar-refractivity contribution in [2.45, 2.75) is 0 Å². The predicted octanol–water partition coefficient (Wildman–Crippen LogP) is 2.72. The smallest absolute Gasteiger partial charge is 0.334 e. The highest BCUT2D eigenvalue weighted by atomic mass is 32.1. The van der Waals surface area contributed by atoms with E-state index in [4.69, 9.17) is 25.6 Å². The Bertz CT molecular complexity index is 1440. The molecular formula is C23H24FN8O3S+. The number of nitrogen functional groups attached to an aromatic ring is 1. The Hall–Kier alpha value is -3.78. The number of hydrogen-bond donors (Lipinski definition) is 3. The third-order valence-corrected chi connectivity index (χ3v) is 7.34. The van der Waals surface area contributed by atoms with E-state index in [0.717, 1.165) is 15.5 Å². The van der Waals surface area contributed by atoms with Crippen LogP contribution < -0.4 is 20.6 Å². The van der Waals surface area contributed by atoms with Gasteiger partial charge < -0.3 is 15.4 Å². The Kier molecular flexibility index (Phi) is 6.22. The minimum absolute atomic E-state index is 0.0626. The molecule has 5 rings (SSSR count). The Balaban J connectivity index is 1.61. The summed E-state index contributed by atoms with van der Waals surface area (Å²) in [5.41, 5.74) is 8.67. The lowest BCUT2D eigenvalue weighted by atomic mass is 10.2. The van der Waals surface area contributed by atoms with Crippen molar-refractivity contribution in [3.05, 3.63) is 48.0 Å². The van der Waals surface area contributed by atoms with Crippen LogP contribution in [0.15, 0.2) is 36.7 Å². The summed E-state index contributed by atoms with van der Waals surface area (Å²) in [5.74, 6) is 0.378. The molecule has 0 atom stereocenters. The molecule has 4 N–H and O–H groups in total. The number of hydroxylamine groups is 1. The van der Waals surface area contributed by atoms with Gasteiger partial charge in [0.2, 0.25) is 0 Å². The highest BCUT2D eigenvalue weighted by Gasteiger charge is 2.31. The summed E-state index contributed by atoms with van der Waals surface area (Å²) in [7, 11) is 3.84. The number of rotatable bonds is 5. The molecule has 4 aromatic rings. The van der Waals surface area contributed by atoms with Crippen LogP contribution in [-0.4, -0.2) is 71.4 Å². The minimum atomic E-state index is -0.689. The topological polar surface area (TPSA) is 139 Å². The minimum Gasteiger partial charge on any atom is -0.396 e. The van der Waals surface area contributed by atoms with E-state index in [1.165, 1.54) is 35.9 Å². The number of nitrogens with one attached hydrogen (secondary N) is 1. The average Bonchev–Trinajstić information content (AvgIpc) is 3.35. The molecular weight excluding hydrogens is 487 g/mol. The largest absolute Gasteiger partial charge is 0.396 e. The number of hydrogen-bond acceptors (Lipinski definition) is 10. The number of halogens is 1. The second-order valence-corrected chi connectivity index (χ2v) is 9.70. The molecule has 0 radical (unpaired) electrons. The molecule has 36 heavy (non-hydrogen) atoms. The molecule has 1 saturated heterocycles. The van der Waals surface area contributed by atoms with Crippen LogP contribution in [0.2, 0.25) is 0 Å². The van der Waals surface area contributed by atoms with Crippen LogP contribution in [0.25, 0.3) is 21.6 Å². The Labute approximate surface area is 209 Å². The standard InChI is InChI=1S/C23H23FN8O3S/c1-32(2,23-26-11-14(12-27-23)22(33)30-34)18-10-17-19(36-18)21(31-5-7-35-8-6-31)29-20(28-17)13-3-4-16(25)15(24)9-13/h3-4,9-12H,5-8H2,1-2H3,(H3-,25,28,29,30,33,34)/p+1. The van der Waals surface area contributed by atoms with Crippen LogP contribution in [0.5, 0.6) is 0 Å². The fraction of sp³-hybridized carbons (Fsp3) is 0.261. The summed E-state index contributed by atoms with van der Waals surface area (Å²) in [6, 6.07) is 6.49. The van der Waals surface area contributed by atoms with Crippen molar-refractivity contribution in [2.24, 2.45) is 0 Å². The molecule has 0 unspecified atom stereocenters. The Morgan fingerprint density at radius 3 is 2.58 bits per heavy atom. The van der Waals surface area contributed by atoms with Crippen LogP contribution in [-0.2, 0) is 4.74 Å². The van der Waals surface area contributed by atoms with Crippen LogP contribution in [0.4, 0.5) is 26.8 Å². The van der Waals surface area contributed by atoms with E-state index in [0.29, 0.717) is 49.2 Å². The molecule has 1 aliphatic rings. The average molecular weight is 512 g/mol. The molecule has 1 amide bonds. The molecule has 11 nitrogen and oxygen atoms in total. The van der Waals surface area contributed by atoms with E-state index in [9.17, 15) is 9.18 Å². The number of thiophene rings is 1. The molecule has 0 spiro atoms. The van der Waals surface area contributed by atoms with E-state index < -0.39 is 11.7 Å². The van der Waals surface area contributed by atoms with Crippen LogP contribution in [0, 0.1) is 5.82 Å². The number of ether oxygens (including phenoxy) is 1. The zero-order valence-electron chi connectivity index (χ0n) is 19.6. The molecule has 1 aromatic carbocycles. The lowest BCUT2D eigenvalue weighted by Crippen LogP contribution is -2.37. The number of aromatic nitrogens is 4. The number of amides is 1. The normalized spacial score (nSPS) is 14.3. The first-order valence-electron chi connectivity index (χ1n) is 11.1. The molecule has 13 heteroatoms. The maximum absolute atomic E-state index is 14.2. The fourth-order valence-electron chi connectivity index (χ4n) is 3.85. The van der Waals surface area contributed by atoms with Crippen molar-refractivity contribution in [2.75, 3.05) is 51.0 Å². The number of benzene rings is 1. The first-order valence-corrected chi connectivity index (χ1v) is 11.9. The van der Waals surface area contributed by atoms with Gasteiger partial charge in [0.15, 0.2) is 16.6 Å². The van der Waals surface area contributed by atoms with Crippen molar-refractivity contribution in [1.82, 2.24) is 29.9 Å². The van der Waals surface area contributed by atoms with E-state index in [2.05, 4.69) is 14.9 Å². The van der Waals surface area contributed by atoms with Crippen LogP contribution >= 0.6 is 11.3 Å². The maximum Gasteiger partial charge on any atom is 0.334 e. The van der Waals surface area contributed by atoms with Gasteiger partial charge in [0.25, 0.3) is 5.91 Å². The molecule has 1 fully saturated rings. The highest BCUT2D eigenvalue weighted by molar-refractivity contribution is 7.23.